The summed E-state index contributed by atoms with van der Waals surface area (Å²) in [5, 5.41) is 0. The van der Waals surface area contributed by atoms with Gasteiger partial charge in [-0.1, -0.05) is 30.3 Å². The smallest absolute Gasteiger partial charge is 0.124 e. The van der Waals surface area contributed by atoms with Crippen LogP contribution in [0.4, 0.5) is 0 Å². The maximum atomic E-state index is 6.27. The number of fused-ring (bicyclic) bond motifs is 1. The van der Waals surface area contributed by atoms with Gasteiger partial charge in [0.2, 0.25) is 0 Å². The molecule has 3 heteroatoms. The summed E-state index contributed by atoms with van der Waals surface area (Å²) in [6.45, 7) is 4.21. The number of aromatic nitrogens is 2. The second kappa shape index (κ2) is 5.10. The number of nitrogens with zero attached hydrogens (tertiary/aromatic N) is 1. The number of imidazole rings is 1. The molecule has 0 aliphatic rings. The summed E-state index contributed by atoms with van der Waals surface area (Å²) >= 11 is 0. The Bertz CT molecular complexity index is 690. The quantitative estimate of drug-likeness (QED) is 0.762. The van der Waals surface area contributed by atoms with Crippen LogP contribution in [0.1, 0.15) is 28.6 Å². The van der Waals surface area contributed by atoms with Crippen LogP contribution in [-0.2, 0) is 6.42 Å². The molecule has 2 aromatic carbocycles. The molecule has 3 N–H and O–H groups in total. The summed E-state index contributed by atoms with van der Waals surface area (Å²) < 4.78 is 0. The van der Waals surface area contributed by atoms with Crippen molar-refractivity contribution in [3.63, 3.8) is 0 Å². The fourth-order valence-corrected chi connectivity index (χ4v) is 2.43. The van der Waals surface area contributed by atoms with Gasteiger partial charge in [-0.25, -0.2) is 4.98 Å². The minimum atomic E-state index is -0.106. The minimum absolute atomic E-state index is 0.106. The van der Waals surface area contributed by atoms with E-state index in [0.29, 0.717) is 0 Å². The number of hydrogen-bond donors (Lipinski definition) is 2. The van der Waals surface area contributed by atoms with E-state index in [0.717, 1.165) is 23.3 Å². The Morgan fingerprint density at radius 2 is 1.80 bits per heavy atom. The van der Waals surface area contributed by atoms with Crippen molar-refractivity contribution in [3.05, 3.63) is 65.0 Å². The van der Waals surface area contributed by atoms with Crippen molar-refractivity contribution in [2.75, 3.05) is 0 Å². The highest BCUT2D eigenvalue weighted by Crippen LogP contribution is 2.21. The number of nitrogens with two attached hydrogens (primary N) is 1. The van der Waals surface area contributed by atoms with Crippen molar-refractivity contribution in [2.45, 2.75) is 26.3 Å². The van der Waals surface area contributed by atoms with Crippen LogP contribution in [0, 0.1) is 13.8 Å². The largest absolute Gasteiger partial charge is 0.341 e. The number of benzene rings is 2. The van der Waals surface area contributed by atoms with Gasteiger partial charge in [0.05, 0.1) is 17.1 Å². The van der Waals surface area contributed by atoms with Crippen LogP contribution in [-0.4, -0.2) is 9.97 Å². The topological polar surface area (TPSA) is 54.7 Å². The summed E-state index contributed by atoms with van der Waals surface area (Å²) in [7, 11) is 0. The van der Waals surface area contributed by atoms with E-state index in [1.807, 2.05) is 18.2 Å². The third-order valence-electron chi connectivity index (χ3n) is 3.77. The number of aromatic amines is 1. The first-order valence-corrected chi connectivity index (χ1v) is 6.90. The highest BCUT2D eigenvalue weighted by molar-refractivity contribution is 5.77. The normalized spacial score (nSPS) is 12.8. The molecule has 0 fully saturated rings. The lowest BCUT2D eigenvalue weighted by molar-refractivity contribution is 0.680. The fourth-order valence-electron chi connectivity index (χ4n) is 2.43. The first-order valence-electron chi connectivity index (χ1n) is 6.90. The molecule has 0 amide bonds. The molecule has 20 heavy (non-hydrogen) atoms. The molecule has 102 valence electrons. The Labute approximate surface area is 118 Å². The molecule has 0 saturated carbocycles. The zero-order valence-electron chi connectivity index (χ0n) is 11.9. The number of rotatable bonds is 3. The highest BCUT2D eigenvalue weighted by Gasteiger charge is 2.12. The van der Waals surface area contributed by atoms with Gasteiger partial charge in [0.1, 0.15) is 5.82 Å². The number of H-pyrrole nitrogens is 1. The Hall–Kier alpha value is -2.13. The van der Waals surface area contributed by atoms with Gasteiger partial charge in [0, 0.05) is 0 Å². The highest BCUT2D eigenvalue weighted by atomic mass is 15.0. The Morgan fingerprint density at radius 3 is 2.55 bits per heavy atom. The molecule has 0 radical (unpaired) electrons. The van der Waals surface area contributed by atoms with E-state index in [1.165, 1.54) is 16.7 Å². The van der Waals surface area contributed by atoms with Crippen LogP contribution in [0.25, 0.3) is 11.0 Å². The fraction of sp³-hybridized carbons (Fsp3) is 0.235. The minimum Gasteiger partial charge on any atom is -0.341 e. The second-order valence-corrected chi connectivity index (χ2v) is 5.37. The lowest BCUT2D eigenvalue weighted by Gasteiger charge is -2.08. The molecule has 3 aromatic rings. The zero-order chi connectivity index (χ0) is 14.1. The summed E-state index contributed by atoms with van der Waals surface area (Å²) in [5.41, 5.74) is 12.1. The van der Waals surface area contributed by atoms with Crippen LogP contribution in [0.3, 0.4) is 0 Å². The van der Waals surface area contributed by atoms with E-state index in [-0.39, 0.29) is 6.04 Å². The molecule has 1 atom stereocenters. The first-order chi connectivity index (χ1) is 9.63. The van der Waals surface area contributed by atoms with Gasteiger partial charge >= 0.3 is 0 Å². The molecule has 1 heterocycles. The lowest BCUT2D eigenvalue weighted by atomic mass is 10.1. The van der Waals surface area contributed by atoms with Crippen LogP contribution >= 0.6 is 0 Å². The molecule has 0 aliphatic heterocycles. The number of nitrogens with one attached hydrogen (secondary N) is 1. The first kappa shape index (κ1) is 12.9. The average Bonchev–Trinajstić information content (AvgIpc) is 2.83. The van der Waals surface area contributed by atoms with E-state index in [1.54, 1.807) is 0 Å². The van der Waals surface area contributed by atoms with Crippen molar-refractivity contribution < 1.29 is 0 Å². The van der Waals surface area contributed by atoms with Gasteiger partial charge in [-0.15, -0.1) is 0 Å². The number of aryl methyl sites for hydroxylation is 2. The van der Waals surface area contributed by atoms with Crippen molar-refractivity contribution in [3.8, 4) is 0 Å². The van der Waals surface area contributed by atoms with Gasteiger partial charge in [-0.2, -0.15) is 0 Å². The van der Waals surface area contributed by atoms with Crippen LogP contribution in [0.5, 0.6) is 0 Å². The standard InChI is InChI=1S/C17H19N3/c1-11-8-15-16(9-12(11)2)20-17(19-15)14(18)10-13-6-4-3-5-7-13/h3-9,14H,10,18H2,1-2H3,(H,19,20). The lowest BCUT2D eigenvalue weighted by Crippen LogP contribution is -2.14. The molecule has 0 spiro atoms. The van der Waals surface area contributed by atoms with Crippen molar-refractivity contribution >= 4 is 11.0 Å². The van der Waals surface area contributed by atoms with Gasteiger partial charge in [0.15, 0.2) is 0 Å². The molecule has 1 unspecified atom stereocenters. The zero-order valence-corrected chi connectivity index (χ0v) is 11.9. The molecule has 0 bridgehead atoms. The third-order valence-corrected chi connectivity index (χ3v) is 3.77. The maximum Gasteiger partial charge on any atom is 0.124 e. The van der Waals surface area contributed by atoms with E-state index in [9.17, 15) is 0 Å². The van der Waals surface area contributed by atoms with Crippen LogP contribution in [0.2, 0.25) is 0 Å². The third kappa shape index (κ3) is 2.45. The molecule has 1 aromatic heterocycles. The Kier molecular flexibility index (Phi) is 3.28. The van der Waals surface area contributed by atoms with Crippen molar-refractivity contribution in [1.29, 1.82) is 0 Å². The predicted octanol–water partition coefficient (Wildman–Crippen LogP) is 3.42. The van der Waals surface area contributed by atoms with Crippen LogP contribution in [0.15, 0.2) is 42.5 Å². The molecule has 0 aliphatic carbocycles. The van der Waals surface area contributed by atoms with E-state index in [4.69, 9.17) is 5.73 Å². The van der Waals surface area contributed by atoms with Gasteiger partial charge < -0.3 is 10.7 Å². The second-order valence-electron chi connectivity index (χ2n) is 5.37. The summed E-state index contributed by atoms with van der Waals surface area (Å²) in [5.74, 6) is 0.855. The number of hydrogen-bond acceptors (Lipinski definition) is 2. The van der Waals surface area contributed by atoms with Gasteiger partial charge in [-0.3, -0.25) is 0 Å². The molecule has 0 saturated heterocycles. The average molecular weight is 265 g/mol. The summed E-state index contributed by atoms with van der Waals surface area (Å²) in [6.07, 6.45) is 0.790. The Morgan fingerprint density at radius 1 is 1.10 bits per heavy atom. The molecule has 3 rings (SSSR count). The molecular formula is C17H19N3. The van der Waals surface area contributed by atoms with E-state index >= 15 is 0 Å². The Balaban J connectivity index is 1.90. The predicted molar refractivity (Wildman–Crippen MR) is 82.6 cm³/mol. The van der Waals surface area contributed by atoms with E-state index in [2.05, 4.69) is 48.1 Å². The van der Waals surface area contributed by atoms with Gasteiger partial charge in [0.25, 0.3) is 0 Å². The van der Waals surface area contributed by atoms with E-state index < -0.39 is 0 Å². The summed E-state index contributed by atoms with van der Waals surface area (Å²) in [4.78, 5) is 7.98. The van der Waals surface area contributed by atoms with Crippen LogP contribution < -0.4 is 5.73 Å². The van der Waals surface area contributed by atoms with Gasteiger partial charge in [-0.05, 0) is 49.1 Å². The monoisotopic (exact) mass is 265 g/mol. The molecular weight excluding hydrogens is 246 g/mol. The van der Waals surface area contributed by atoms with Crippen molar-refractivity contribution in [2.24, 2.45) is 5.73 Å². The molecule has 3 nitrogen and oxygen atoms in total. The maximum absolute atomic E-state index is 6.27. The summed E-state index contributed by atoms with van der Waals surface area (Å²) in [6, 6.07) is 14.4. The van der Waals surface area contributed by atoms with Crippen molar-refractivity contribution in [1.82, 2.24) is 9.97 Å². The SMILES string of the molecule is Cc1cc2nc(C(N)Cc3ccccc3)[nH]c2cc1C.